The third kappa shape index (κ3) is 8.45. The first kappa shape index (κ1) is 36.9. The van der Waals surface area contributed by atoms with E-state index in [1.165, 1.54) is 9.60 Å². The maximum Gasteiger partial charge on any atom is 0.255 e. The number of rotatable bonds is 12. The molecule has 3 aliphatic rings. The Morgan fingerprint density at radius 3 is 2.42 bits per heavy atom. The van der Waals surface area contributed by atoms with Crippen LogP contribution in [0.2, 0.25) is 0 Å². The lowest BCUT2D eigenvalue weighted by Crippen LogP contribution is -2.52. The lowest BCUT2D eigenvalue weighted by Gasteiger charge is -2.34. The van der Waals surface area contributed by atoms with Crippen LogP contribution in [0.4, 0.5) is 0 Å². The van der Waals surface area contributed by atoms with Crippen LogP contribution < -0.4 is 20.1 Å². The number of hydrogen-bond acceptors (Lipinski definition) is 9. The zero-order valence-electron chi connectivity index (χ0n) is 30.1. The van der Waals surface area contributed by atoms with Gasteiger partial charge in [-0.15, -0.1) is 11.3 Å². The van der Waals surface area contributed by atoms with Gasteiger partial charge in [0.2, 0.25) is 17.7 Å². The van der Waals surface area contributed by atoms with Crippen molar-refractivity contribution in [1.82, 2.24) is 25.3 Å². The summed E-state index contributed by atoms with van der Waals surface area (Å²) in [6.45, 7) is 5.59. The van der Waals surface area contributed by atoms with Crippen LogP contribution in [0.3, 0.4) is 0 Å². The number of carbonyl (C=O) groups is 4. The summed E-state index contributed by atoms with van der Waals surface area (Å²) in [7, 11) is 0. The highest BCUT2D eigenvalue weighted by atomic mass is 79.9. The molecule has 1 aromatic heterocycles. The van der Waals surface area contributed by atoms with Crippen LogP contribution in [-0.4, -0.2) is 90.2 Å². The van der Waals surface area contributed by atoms with Crippen molar-refractivity contribution in [2.45, 2.75) is 32.0 Å². The minimum absolute atomic E-state index is 0.0531. The predicted molar refractivity (Wildman–Crippen MR) is 214 cm³/mol. The molecule has 2 saturated heterocycles. The van der Waals surface area contributed by atoms with E-state index in [4.69, 9.17) is 9.47 Å². The maximum atomic E-state index is 13.0. The third-order valence-electron chi connectivity index (χ3n) is 10.3. The number of imide groups is 1. The van der Waals surface area contributed by atoms with E-state index in [1.807, 2.05) is 60.7 Å². The van der Waals surface area contributed by atoms with Crippen molar-refractivity contribution in [3.05, 3.63) is 112 Å². The summed E-state index contributed by atoms with van der Waals surface area (Å²) in [5.41, 5.74) is 3.38. The van der Waals surface area contributed by atoms with Crippen LogP contribution in [0, 0.1) is 0 Å². The second kappa shape index (κ2) is 16.3. The first-order valence-electron chi connectivity index (χ1n) is 18.4. The van der Waals surface area contributed by atoms with E-state index in [0.717, 1.165) is 81.4 Å². The summed E-state index contributed by atoms with van der Waals surface area (Å²) in [5, 5.41) is 6.43. The van der Waals surface area contributed by atoms with Crippen molar-refractivity contribution in [2.75, 3.05) is 45.9 Å². The van der Waals surface area contributed by atoms with Gasteiger partial charge in [-0.25, -0.2) is 0 Å². The van der Waals surface area contributed by atoms with Crippen LogP contribution >= 0.6 is 27.3 Å². The van der Waals surface area contributed by atoms with Crippen LogP contribution in [0.15, 0.2) is 95.5 Å². The summed E-state index contributed by atoms with van der Waals surface area (Å²) in [6, 6.07) is 29.2. The number of ether oxygens (including phenoxy) is 2. The summed E-state index contributed by atoms with van der Waals surface area (Å²) in [4.78, 5) is 56.8. The first-order chi connectivity index (χ1) is 26.8. The molecule has 0 spiro atoms. The number of halogens is 1. The Balaban J connectivity index is 0.759. The van der Waals surface area contributed by atoms with Gasteiger partial charge in [0, 0.05) is 72.4 Å². The lowest BCUT2D eigenvalue weighted by atomic mass is 10.0. The predicted octanol–water partition coefficient (Wildman–Crippen LogP) is 6.20. The zero-order valence-corrected chi connectivity index (χ0v) is 32.5. The molecule has 2 fully saturated rings. The zero-order chi connectivity index (χ0) is 37.9. The van der Waals surface area contributed by atoms with Crippen molar-refractivity contribution >= 4 is 61.0 Å². The number of piperazine rings is 1. The van der Waals surface area contributed by atoms with E-state index >= 15 is 0 Å². The minimum atomic E-state index is -0.649. The number of nitrogens with one attached hydrogen (secondary N) is 2. The number of hydrogen-bond donors (Lipinski definition) is 2. The molecule has 0 bridgehead atoms. The Bertz CT molecular complexity index is 2240. The number of carbonyl (C=O) groups excluding carboxylic acids is 4. The summed E-state index contributed by atoms with van der Waals surface area (Å²) < 4.78 is 14.8. The maximum absolute atomic E-state index is 13.0. The Hall–Kier alpha value is -5.08. The van der Waals surface area contributed by atoms with Crippen molar-refractivity contribution < 1.29 is 28.7 Å². The number of amides is 4. The molecule has 11 nitrogen and oxygen atoms in total. The van der Waals surface area contributed by atoms with Gasteiger partial charge in [-0.05, 0) is 77.7 Å². The molecule has 4 aromatic carbocycles. The molecule has 4 amide bonds. The van der Waals surface area contributed by atoms with Crippen molar-refractivity contribution in [1.29, 1.82) is 0 Å². The molecule has 282 valence electrons. The molecule has 0 saturated carbocycles. The normalized spacial score (nSPS) is 17.7. The largest absolute Gasteiger partial charge is 0.492 e. The van der Waals surface area contributed by atoms with Crippen molar-refractivity contribution in [3.8, 4) is 27.7 Å². The molecule has 2 N–H and O–H groups in total. The van der Waals surface area contributed by atoms with Crippen molar-refractivity contribution in [2.24, 2.45) is 0 Å². The average Bonchev–Trinajstić information content (AvgIpc) is 3.72. The fraction of sp³-hybridized carbons (Fsp3) is 0.286. The summed E-state index contributed by atoms with van der Waals surface area (Å²) in [5.74, 6) is 1.39. The number of piperidine rings is 1. The number of nitrogens with zero attached hydrogens (tertiary/aromatic N) is 3. The van der Waals surface area contributed by atoms with Gasteiger partial charge in [-0.2, -0.15) is 0 Å². The van der Waals surface area contributed by atoms with Gasteiger partial charge in [-0.3, -0.25) is 34.3 Å². The fourth-order valence-electron chi connectivity index (χ4n) is 7.30. The topological polar surface area (TPSA) is 121 Å². The fourth-order valence-corrected chi connectivity index (χ4v) is 8.70. The van der Waals surface area contributed by atoms with E-state index in [9.17, 15) is 19.2 Å². The van der Waals surface area contributed by atoms with E-state index in [2.05, 4.69) is 60.6 Å². The number of fused-ring (bicyclic) bond motifs is 2. The van der Waals surface area contributed by atoms with Gasteiger partial charge in [0.25, 0.3) is 5.91 Å². The Morgan fingerprint density at radius 2 is 1.64 bits per heavy atom. The van der Waals surface area contributed by atoms with E-state index < -0.39 is 11.9 Å². The van der Waals surface area contributed by atoms with E-state index in [1.54, 1.807) is 17.4 Å². The number of thiophene rings is 1. The van der Waals surface area contributed by atoms with Gasteiger partial charge < -0.3 is 19.7 Å². The van der Waals surface area contributed by atoms with Crippen molar-refractivity contribution in [3.63, 3.8) is 0 Å². The number of benzene rings is 4. The third-order valence-corrected chi connectivity index (χ3v) is 12.0. The molecule has 0 aliphatic carbocycles. The molecule has 3 aliphatic heterocycles. The quantitative estimate of drug-likeness (QED) is 0.143. The highest BCUT2D eigenvalue weighted by Crippen LogP contribution is 2.46. The molecule has 1 atom stereocenters. The highest BCUT2D eigenvalue weighted by Gasteiger charge is 2.39. The first-order valence-corrected chi connectivity index (χ1v) is 20.0. The van der Waals surface area contributed by atoms with Crippen LogP contribution in [-0.2, 0) is 27.5 Å². The standard InChI is InChI=1S/C42H40BrN5O6S/c43-30-8-6-28(7-9-30)40-39(34-3-1-2-4-36(34)55-40)54-32-12-10-31(11-13-32)53-22-21-46-17-19-47(20-18-46)26-38(50)44-24-27-5-14-33-29(23-27)25-48(42(33)52)35-15-16-37(49)45-41(35)51/h1-14,23,35H,15-22,24-26H2,(H,44,50)(H,45,49,51). The van der Waals surface area contributed by atoms with Gasteiger partial charge in [0.1, 0.15) is 24.1 Å². The van der Waals surface area contributed by atoms with Crippen LogP contribution in [0.1, 0.15) is 34.3 Å². The second-order valence-electron chi connectivity index (χ2n) is 14.0. The smallest absolute Gasteiger partial charge is 0.255 e. The molecular weight excluding hydrogens is 782 g/mol. The second-order valence-corrected chi connectivity index (χ2v) is 15.9. The Labute approximate surface area is 331 Å². The summed E-state index contributed by atoms with van der Waals surface area (Å²) >= 11 is 5.26. The van der Waals surface area contributed by atoms with E-state index in [0.29, 0.717) is 38.2 Å². The SMILES string of the molecule is O=C(CN1CCN(CCOc2ccc(Oc3c(-c4ccc(Br)cc4)sc4ccccc34)cc2)CC1)NCc1ccc2c(c1)CN(C1CCC(=O)NC1=O)C2=O. The summed E-state index contributed by atoms with van der Waals surface area (Å²) in [6.07, 6.45) is 0.541. The highest BCUT2D eigenvalue weighted by molar-refractivity contribution is 9.10. The van der Waals surface area contributed by atoms with Crippen LogP contribution in [0.25, 0.3) is 20.5 Å². The van der Waals surface area contributed by atoms with E-state index in [-0.39, 0.29) is 24.1 Å². The van der Waals surface area contributed by atoms with Gasteiger partial charge >= 0.3 is 0 Å². The van der Waals surface area contributed by atoms with Gasteiger partial charge in [-0.1, -0.05) is 52.3 Å². The molecule has 4 heterocycles. The molecular formula is C42H40BrN5O6S. The molecule has 55 heavy (non-hydrogen) atoms. The van der Waals surface area contributed by atoms with Gasteiger partial charge in [0.15, 0.2) is 5.75 Å². The molecule has 5 aromatic rings. The Morgan fingerprint density at radius 1 is 0.891 bits per heavy atom. The monoisotopic (exact) mass is 821 g/mol. The lowest BCUT2D eigenvalue weighted by molar-refractivity contribution is -0.137. The molecule has 0 radical (unpaired) electrons. The minimum Gasteiger partial charge on any atom is -0.492 e. The van der Waals surface area contributed by atoms with Gasteiger partial charge in [0.05, 0.1) is 11.4 Å². The molecule has 13 heteroatoms. The molecule has 8 rings (SSSR count). The van der Waals surface area contributed by atoms with Crippen LogP contribution in [0.5, 0.6) is 17.2 Å². The molecule has 1 unspecified atom stereocenters. The average molecular weight is 823 g/mol. The Kier molecular flexibility index (Phi) is 11.0.